The van der Waals surface area contributed by atoms with Crippen LogP contribution in [0.4, 0.5) is 5.69 Å². The maximum Gasteiger partial charge on any atom is 0.300 e. The molecule has 1 atom stereocenters. The third-order valence-electron chi connectivity index (χ3n) is 6.70. The Balaban J connectivity index is 1.90. The molecule has 6 nitrogen and oxygen atoms in total. The van der Waals surface area contributed by atoms with Crippen LogP contribution in [-0.4, -0.2) is 30.0 Å². The molecule has 1 aliphatic rings. The number of nitrogens with zero attached hydrogens (tertiary/aromatic N) is 1. The maximum atomic E-state index is 13.6. The third-order valence-corrected chi connectivity index (χ3v) is 6.70. The van der Waals surface area contributed by atoms with Gasteiger partial charge in [-0.2, -0.15) is 0 Å². The van der Waals surface area contributed by atoms with Crippen LogP contribution in [0.25, 0.3) is 5.76 Å². The van der Waals surface area contributed by atoms with Crippen LogP contribution in [0.1, 0.15) is 70.2 Å². The molecule has 0 bridgehead atoms. The average molecular weight is 528 g/mol. The number of hydrogen-bond acceptors (Lipinski definition) is 5. The Kier molecular flexibility index (Phi) is 8.44. The lowest BCUT2D eigenvalue weighted by Gasteiger charge is -2.28. The fraction of sp³-hybridized carbons (Fsp3) is 0.333. The Morgan fingerprint density at radius 3 is 2.21 bits per heavy atom. The molecule has 0 aromatic heterocycles. The molecule has 3 aromatic carbocycles. The molecule has 1 aliphatic heterocycles. The van der Waals surface area contributed by atoms with E-state index in [1.54, 1.807) is 36.4 Å². The van der Waals surface area contributed by atoms with Crippen LogP contribution in [-0.2, 0) is 15.0 Å². The predicted octanol–water partition coefficient (Wildman–Crippen LogP) is 7.19. The number of aliphatic hydroxyl groups excluding tert-OH is 1. The van der Waals surface area contributed by atoms with Crippen LogP contribution in [0, 0.1) is 0 Å². The van der Waals surface area contributed by atoms with Crippen LogP contribution in [0.5, 0.6) is 11.5 Å². The Bertz CT molecular complexity index is 1370. The number of para-hydroxylation sites is 2. The second-order valence-corrected chi connectivity index (χ2v) is 10.7. The average Bonchev–Trinajstić information content (AvgIpc) is 3.20. The van der Waals surface area contributed by atoms with Crippen molar-refractivity contribution in [3.63, 3.8) is 0 Å². The lowest BCUT2D eigenvalue weighted by atomic mass is 9.85. The van der Waals surface area contributed by atoms with Crippen molar-refractivity contribution in [2.24, 2.45) is 0 Å². The van der Waals surface area contributed by atoms with Crippen molar-refractivity contribution in [1.29, 1.82) is 0 Å². The van der Waals surface area contributed by atoms with Crippen molar-refractivity contribution in [2.45, 2.75) is 58.9 Å². The van der Waals surface area contributed by atoms with Crippen LogP contribution >= 0.6 is 0 Å². The molecule has 0 radical (unpaired) electrons. The lowest BCUT2D eigenvalue weighted by Crippen LogP contribution is -2.30. The standard InChI is InChI=1S/C33H37NO5/c1-6-19-38-25-12-10-11-23(21-25)30(35)28-29(22-15-17-24(18-16-22)33(3,4)5)34(32(37)31(28)36)26-13-8-9-14-27(26)39-20-7-2/h8-18,21,29,35H,6-7,19-20H2,1-5H3/b30-28-. The van der Waals surface area contributed by atoms with Gasteiger partial charge in [0.1, 0.15) is 17.3 Å². The predicted molar refractivity (Wildman–Crippen MR) is 154 cm³/mol. The van der Waals surface area contributed by atoms with E-state index in [2.05, 4.69) is 20.8 Å². The Labute approximate surface area is 230 Å². The summed E-state index contributed by atoms with van der Waals surface area (Å²) in [6, 6.07) is 21.2. The summed E-state index contributed by atoms with van der Waals surface area (Å²) < 4.78 is 11.7. The van der Waals surface area contributed by atoms with Gasteiger partial charge in [-0.25, -0.2) is 0 Å². The zero-order valence-corrected chi connectivity index (χ0v) is 23.4. The molecule has 1 unspecified atom stereocenters. The number of aliphatic hydroxyl groups is 1. The van der Waals surface area contributed by atoms with Gasteiger partial charge in [0.05, 0.1) is 30.5 Å². The van der Waals surface area contributed by atoms with Gasteiger partial charge in [0.25, 0.3) is 11.7 Å². The van der Waals surface area contributed by atoms with Gasteiger partial charge in [-0.15, -0.1) is 0 Å². The summed E-state index contributed by atoms with van der Waals surface area (Å²) in [6.45, 7) is 11.4. The number of hydrogen-bond donors (Lipinski definition) is 1. The summed E-state index contributed by atoms with van der Waals surface area (Å²) in [7, 11) is 0. The van der Waals surface area contributed by atoms with E-state index in [0.29, 0.717) is 41.5 Å². The zero-order chi connectivity index (χ0) is 28.2. The van der Waals surface area contributed by atoms with Crippen molar-refractivity contribution >= 4 is 23.1 Å². The summed E-state index contributed by atoms with van der Waals surface area (Å²) in [4.78, 5) is 28.7. The first kappa shape index (κ1) is 28.0. The zero-order valence-electron chi connectivity index (χ0n) is 23.4. The molecule has 1 saturated heterocycles. The van der Waals surface area contributed by atoms with Gasteiger partial charge in [0, 0.05) is 5.56 Å². The quantitative estimate of drug-likeness (QED) is 0.181. The van der Waals surface area contributed by atoms with E-state index in [1.807, 2.05) is 50.2 Å². The minimum atomic E-state index is -0.842. The van der Waals surface area contributed by atoms with E-state index >= 15 is 0 Å². The first-order valence-corrected chi connectivity index (χ1v) is 13.5. The normalized spacial score (nSPS) is 16.9. The Morgan fingerprint density at radius 1 is 0.872 bits per heavy atom. The van der Waals surface area contributed by atoms with Gasteiger partial charge in [-0.3, -0.25) is 14.5 Å². The number of ketones is 1. The maximum absolute atomic E-state index is 13.6. The molecule has 1 heterocycles. The SMILES string of the molecule is CCCOc1cccc(/C(O)=C2/C(=O)C(=O)N(c3ccccc3OCCC)C2c2ccc(C(C)(C)C)cc2)c1. The van der Waals surface area contributed by atoms with Crippen LogP contribution in [0.3, 0.4) is 0 Å². The number of carbonyl (C=O) groups excluding carboxylic acids is 2. The summed E-state index contributed by atoms with van der Waals surface area (Å²) in [5.41, 5.74) is 2.69. The molecule has 0 saturated carbocycles. The second-order valence-electron chi connectivity index (χ2n) is 10.7. The minimum Gasteiger partial charge on any atom is -0.507 e. The van der Waals surface area contributed by atoms with Crippen molar-refractivity contribution in [3.05, 3.63) is 95.1 Å². The lowest BCUT2D eigenvalue weighted by molar-refractivity contribution is -0.132. The molecule has 1 N–H and O–H groups in total. The van der Waals surface area contributed by atoms with E-state index in [0.717, 1.165) is 18.4 Å². The van der Waals surface area contributed by atoms with Crippen molar-refractivity contribution in [3.8, 4) is 11.5 Å². The number of benzene rings is 3. The van der Waals surface area contributed by atoms with Gasteiger partial charge in [-0.1, -0.05) is 83.1 Å². The number of ether oxygens (including phenoxy) is 2. The summed E-state index contributed by atoms with van der Waals surface area (Å²) >= 11 is 0. The fourth-order valence-electron chi connectivity index (χ4n) is 4.66. The highest BCUT2D eigenvalue weighted by molar-refractivity contribution is 6.52. The summed E-state index contributed by atoms with van der Waals surface area (Å²) in [5, 5.41) is 11.5. The molecule has 3 aromatic rings. The molecule has 0 spiro atoms. The van der Waals surface area contributed by atoms with Gasteiger partial charge in [-0.05, 0) is 53.6 Å². The minimum absolute atomic E-state index is 0.0291. The number of amides is 1. The highest BCUT2D eigenvalue weighted by atomic mass is 16.5. The number of anilines is 1. The van der Waals surface area contributed by atoms with E-state index < -0.39 is 17.7 Å². The molecular weight excluding hydrogens is 490 g/mol. The molecular formula is C33H37NO5. The highest BCUT2D eigenvalue weighted by Gasteiger charge is 2.47. The third kappa shape index (κ3) is 5.85. The summed E-state index contributed by atoms with van der Waals surface area (Å²) in [5.74, 6) is -0.614. The smallest absolute Gasteiger partial charge is 0.300 e. The molecule has 0 aliphatic carbocycles. The number of rotatable bonds is 9. The van der Waals surface area contributed by atoms with Crippen molar-refractivity contribution in [1.82, 2.24) is 0 Å². The van der Waals surface area contributed by atoms with E-state index in [9.17, 15) is 14.7 Å². The van der Waals surface area contributed by atoms with Crippen LogP contribution in [0.15, 0.2) is 78.4 Å². The van der Waals surface area contributed by atoms with E-state index in [4.69, 9.17) is 9.47 Å². The van der Waals surface area contributed by atoms with Gasteiger partial charge >= 0.3 is 0 Å². The first-order chi connectivity index (χ1) is 18.7. The topological polar surface area (TPSA) is 76.1 Å². The largest absolute Gasteiger partial charge is 0.507 e. The molecule has 39 heavy (non-hydrogen) atoms. The van der Waals surface area contributed by atoms with E-state index in [1.165, 1.54) is 4.90 Å². The number of carbonyl (C=O) groups is 2. The monoisotopic (exact) mass is 527 g/mol. The van der Waals surface area contributed by atoms with Gasteiger partial charge < -0.3 is 14.6 Å². The van der Waals surface area contributed by atoms with Gasteiger partial charge in [0.2, 0.25) is 0 Å². The van der Waals surface area contributed by atoms with Crippen LogP contribution < -0.4 is 14.4 Å². The second kappa shape index (κ2) is 11.8. The van der Waals surface area contributed by atoms with Gasteiger partial charge in [0.15, 0.2) is 0 Å². The number of Topliss-reactive ketones (excluding diaryl/α,β-unsaturated/α-hetero) is 1. The molecule has 204 valence electrons. The molecule has 1 fully saturated rings. The first-order valence-electron chi connectivity index (χ1n) is 13.5. The molecule has 4 rings (SSSR count). The van der Waals surface area contributed by atoms with Crippen molar-refractivity contribution < 1.29 is 24.2 Å². The highest BCUT2D eigenvalue weighted by Crippen LogP contribution is 2.45. The summed E-state index contributed by atoms with van der Waals surface area (Å²) in [6.07, 6.45) is 1.63. The van der Waals surface area contributed by atoms with Crippen molar-refractivity contribution in [2.75, 3.05) is 18.1 Å². The van der Waals surface area contributed by atoms with Crippen LogP contribution in [0.2, 0.25) is 0 Å². The molecule has 6 heteroatoms. The Morgan fingerprint density at radius 2 is 1.54 bits per heavy atom. The van der Waals surface area contributed by atoms with E-state index in [-0.39, 0.29) is 16.7 Å². The molecule has 1 amide bonds. The Hall–Kier alpha value is -4.06. The fourth-order valence-corrected chi connectivity index (χ4v) is 4.66.